The van der Waals surface area contributed by atoms with Crippen molar-refractivity contribution in [1.82, 2.24) is 15.1 Å². The summed E-state index contributed by atoms with van der Waals surface area (Å²) in [5.41, 5.74) is -0.0300. The molecule has 0 aliphatic carbocycles. The number of amides is 2. The van der Waals surface area contributed by atoms with Crippen LogP contribution in [0.3, 0.4) is 0 Å². The zero-order chi connectivity index (χ0) is 18.2. The van der Waals surface area contributed by atoms with Crippen LogP contribution in [0.25, 0.3) is 0 Å². The van der Waals surface area contributed by atoms with Gasteiger partial charge in [-0.3, -0.25) is 19.4 Å². The van der Waals surface area contributed by atoms with Crippen LogP contribution in [-0.4, -0.2) is 67.4 Å². The quantitative estimate of drug-likeness (QED) is 0.768. The molecule has 1 saturated heterocycles. The Labute approximate surface area is 146 Å². The Morgan fingerprint density at radius 3 is 2.20 bits per heavy atom. The van der Waals surface area contributed by atoms with Crippen LogP contribution in [0.4, 0.5) is 14.5 Å². The van der Waals surface area contributed by atoms with Crippen molar-refractivity contribution in [3.63, 3.8) is 0 Å². The zero-order valence-electron chi connectivity index (χ0n) is 14.4. The van der Waals surface area contributed by atoms with E-state index in [9.17, 15) is 18.4 Å². The molecule has 2 amide bonds. The third kappa shape index (κ3) is 6.39. The molecule has 0 spiro atoms. The largest absolute Gasteiger partial charge is 0.355 e. The maximum atomic E-state index is 13.5. The van der Waals surface area contributed by atoms with Crippen LogP contribution in [-0.2, 0) is 9.59 Å². The Balaban J connectivity index is 1.72. The topological polar surface area (TPSA) is 64.7 Å². The highest BCUT2D eigenvalue weighted by Crippen LogP contribution is 2.15. The molecule has 138 valence electrons. The summed E-state index contributed by atoms with van der Waals surface area (Å²) in [5.74, 6) is -1.81. The molecular formula is C17H24F2N4O2. The molecule has 0 aromatic heterocycles. The molecule has 1 aliphatic rings. The molecule has 1 heterocycles. The Morgan fingerprint density at radius 1 is 1.04 bits per heavy atom. The fourth-order valence-electron chi connectivity index (χ4n) is 2.61. The average Bonchev–Trinajstić information content (AvgIpc) is 2.57. The first kappa shape index (κ1) is 19.3. The average molecular weight is 354 g/mol. The number of nitrogens with one attached hydrogen (secondary N) is 2. The smallest absolute Gasteiger partial charge is 0.238 e. The van der Waals surface area contributed by atoms with E-state index in [1.54, 1.807) is 0 Å². The first-order valence-corrected chi connectivity index (χ1v) is 8.44. The van der Waals surface area contributed by atoms with Gasteiger partial charge in [-0.05, 0) is 18.6 Å². The number of rotatable bonds is 7. The molecule has 0 bridgehead atoms. The van der Waals surface area contributed by atoms with Crippen LogP contribution in [0.2, 0.25) is 0 Å². The molecule has 2 N–H and O–H groups in total. The molecule has 25 heavy (non-hydrogen) atoms. The second-order valence-corrected chi connectivity index (χ2v) is 6.07. The molecule has 1 aliphatic heterocycles. The standard InChI is InChI=1S/C17H24F2N4O2/c1-2-5-20-16(24)11-22-6-8-23(9-7-22)12-17(25)21-15-4-3-13(18)10-14(15)19/h3-4,10H,2,5-9,11-12H2,1H3,(H,20,24)(H,21,25). The van der Waals surface area contributed by atoms with Gasteiger partial charge in [-0.25, -0.2) is 8.78 Å². The fourth-order valence-corrected chi connectivity index (χ4v) is 2.61. The Kier molecular flexibility index (Phi) is 7.27. The summed E-state index contributed by atoms with van der Waals surface area (Å²) in [5, 5.41) is 5.29. The third-order valence-electron chi connectivity index (χ3n) is 3.98. The molecule has 8 heteroatoms. The summed E-state index contributed by atoms with van der Waals surface area (Å²) in [6.07, 6.45) is 0.906. The van der Waals surface area contributed by atoms with Crippen molar-refractivity contribution in [3.8, 4) is 0 Å². The summed E-state index contributed by atoms with van der Waals surface area (Å²) < 4.78 is 26.4. The van der Waals surface area contributed by atoms with Crippen molar-refractivity contribution >= 4 is 17.5 Å². The lowest BCUT2D eigenvalue weighted by Gasteiger charge is -2.33. The highest BCUT2D eigenvalue weighted by Gasteiger charge is 2.20. The number of anilines is 1. The second-order valence-electron chi connectivity index (χ2n) is 6.07. The minimum Gasteiger partial charge on any atom is -0.355 e. The van der Waals surface area contributed by atoms with Gasteiger partial charge in [0.05, 0.1) is 18.8 Å². The van der Waals surface area contributed by atoms with E-state index < -0.39 is 11.6 Å². The maximum absolute atomic E-state index is 13.5. The first-order chi connectivity index (χ1) is 12.0. The maximum Gasteiger partial charge on any atom is 0.238 e. The number of benzene rings is 1. The van der Waals surface area contributed by atoms with E-state index in [0.717, 1.165) is 18.6 Å². The van der Waals surface area contributed by atoms with Crippen molar-refractivity contribution in [2.45, 2.75) is 13.3 Å². The van der Waals surface area contributed by atoms with E-state index >= 15 is 0 Å². The van der Waals surface area contributed by atoms with Gasteiger partial charge >= 0.3 is 0 Å². The molecule has 1 aromatic rings. The zero-order valence-corrected chi connectivity index (χ0v) is 14.4. The third-order valence-corrected chi connectivity index (χ3v) is 3.98. The lowest BCUT2D eigenvalue weighted by Crippen LogP contribution is -2.51. The van der Waals surface area contributed by atoms with E-state index in [1.807, 2.05) is 16.7 Å². The van der Waals surface area contributed by atoms with Crippen molar-refractivity contribution < 1.29 is 18.4 Å². The monoisotopic (exact) mass is 354 g/mol. The summed E-state index contributed by atoms with van der Waals surface area (Å²) in [6, 6.07) is 3.04. The van der Waals surface area contributed by atoms with E-state index in [0.29, 0.717) is 39.3 Å². The van der Waals surface area contributed by atoms with Gasteiger partial charge in [0.2, 0.25) is 11.8 Å². The van der Waals surface area contributed by atoms with Crippen LogP contribution in [0.1, 0.15) is 13.3 Å². The molecule has 2 rings (SSSR count). The van der Waals surface area contributed by atoms with E-state index in [-0.39, 0.29) is 24.0 Å². The summed E-state index contributed by atoms with van der Waals surface area (Å²) in [7, 11) is 0. The number of piperazine rings is 1. The van der Waals surface area contributed by atoms with Crippen molar-refractivity contribution in [1.29, 1.82) is 0 Å². The van der Waals surface area contributed by atoms with E-state index in [4.69, 9.17) is 0 Å². The van der Waals surface area contributed by atoms with Gasteiger partial charge in [-0.1, -0.05) is 6.92 Å². The first-order valence-electron chi connectivity index (χ1n) is 8.44. The predicted octanol–water partition coefficient (Wildman–Crippen LogP) is 1.05. The lowest BCUT2D eigenvalue weighted by atomic mass is 10.2. The molecule has 6 nitrogen and oxygen atoms in total. The van der Waals surface area contributed by atoms with Crippen LogP contribution in [0, 0.1) is 11.6 Å². The number of halogens is 2. The fraction of sp³-hybridized carbons (Fsp3) is 0.529. The second kappa shape index (κ2) is 9.43. The Morgan fingerprint density at radius 2 is 1.64 bits per heavy atom. The normalized spacial score (nSPS) is 15.8. The van der Waals surface area contributed by atoms with Crippen LogP contribution in [0.15, 0.2) is 18.2 Å². The highest BCUT2D eigenvalue weighted by atomic mass is 19.1. The van der Waals surface area contributed by atoms with Gasteiger partial charge in [-0.15, -0.1) is 0 Å². The van der Waals surface area contributed by atoms with E-state index in [2.05, 4.69) is 10.6 Å². The van der Waals surface area contributed by atoms with Gasteiger partial charge in [-0.2, -0.15) is 0 Å². The Bertz CT molecular complexity index is 604. The van der Waals surface area contributed by atoms with Crippen molar-refractivity contribution in [2.75, 3.05) is 51.1 Å². The summed E-state index contributed by atoms with van der Waals surface area (Å²) >= 11 is 0. The van der Waals surface area contributed by atoms with Crippen molar-refractivity contribution in [2.24, 2.45) is 0 Å². The SMILES string of the molecule is CCCNC(=O)CN1CCN(CC(=O)Nc2ccc(F)cc2F)CC1. The molecule has 0 unspecified atom stereocenters. The van der Waals surface area contributed by atoms with Crippen LogP contribution >= 0.6 is 0 Å². The molecule has 0 atom stereocenters. The summed E-state index contributed by atoms with van der Waals surface area (Å²) in [6.45, 7) is 5.87. The van der Waals surface area contributed by atoms with Gasteiger partial charge in [0, 0.05) is 38.8 Å². The molecular weight excluding hydrogens is 330 g/mol. The lowest BCUT2D eigenvalue weighted by molar-refractivity contribution is -0.123. The van der Waals surface area contributed by atoms with Crippen LogP contribution < -0.4 is 10.6 Å². The van der Waals surface area contributed by atoms with Gasteiger partial charge < -0.3 is 10.6 Å². The number of hydrogen-bond acceptors (Lipinski definition) is 4. The molecule has 0 saturated carbocycles. The number of carbonyl (C=O) groups is 2. The van der Waals surface area contributed by atoms with Gasteiger partial charge in [0.25, 0.3) is 0 Å². The minimum atomic E-state index is -0.795. The molecule has 0 radical (unpaired) electrons. The van der Waals surface area contributed by atoms with Crippen molar-refractivity contribution in [3.05, 3.63) is 29.8 Å². The number of nitrogens with zero attached hydrogens (tertiary/aromatic N) is 2. The number of carbonyl (C=O) groups excluding carboxylic acids is 2. The van der Waals surface area contributed by atoms with Gasteiger partial charge in [0.15, 0.2) is 0 Å². The van der Waals surface area contributed by atoms with E-state index in [1.165, 1.54) is 6.07 Å². The summed E-state index contributed by atoms with van der Waals surface area (Å²) in [4.78, 5) is 27.7. The minimum absolute atomic E-state index is 0.0137. The van der Waals surface area contributed by atoms with Crippen LogP contribution in [0.5, 0.6) is 0 Å². The van der Waals surface area contributed by atoms with Gasteiger partial charge in [0.1, 0.15) is 11.6 Å². The predicted molar refractivity (Wildman–Crippen MR) is 91.2 cm³/mol. The number of hydrogen-bond donors (Lipinski definition) is 2. The Hall–Kier alpha value is -2.06. The highest BCUT2D eigenvalue weighted by molar-refractivity contribution is 5.92. The molecule has 1 aromatic carbocycles. The molecule has 1 fully saturated rings.